The van der Waals surface area contributed by atoms with Gasteiger partial charge in [0, 0.05) is 12.6 Å². The largest absolute Gasteiger partial charge is 0.452 e. The Balaban J connectivity index is 2.54. The highest BCUT2D eigenvalue weighted by Crippen LogP contribution is 2.22. The molecule has 3 N–H and O–H groups in total. The van der Waals surface area contributed by atoms with Crippen LogP contribution < -0.4 is 11.1 Å². The molecular formula is C14H19N3O5. The molecule has 0 fully saturated rings. The topological polar surface area (TPSA) is 125 Å². The van der Waals surface area contributed by atoms with Crippen molar-refractivity contribution in [3.63, 3.8) is 0 Å². The van der Waals surface area contributed by atoms with E-state index in [4.69, 9.17) is 10.5 Å². The average molecular weight is 309 g/mol. The smallest absolute Gasteiger partial charge is 0.338 e. The molecule has 0 atom stereocenters. The summed E-state index contributed by atoms with van der Waals surface area (Å²) in [6, 6.07) is 3.58. The van der Waals surface area contributed by atoms with Crippen LogP contribution in [0.15, 0.2) is 18.2 Å². The zero-order valence-electron chi connectivity index (χ0n) is 12.5. The van der Waals surface area contributed by atoms with E-state index in [1.807, 2.05) is 13.8 Å². The van der Waals surface area contributed by atoms with Crippen LogP contribution in [0.3, 0.4) is 0 Å². The summed E-state index contributed by atoms with van der Waals surface area (Å²) in [7, 11) is 0. The van der Waals surface area contributed by atoms with Gasteiger partial charge in [-0.1, -0.05) is 13.8 Å². The van der Waals surface area contributed by atoms with Gasteiger partial charge in [0.15, 0.2) is 6.61 Å². The molecule has 0 aliphatic rings. The molecule has 0 bridgehead atoms. The predicted octanol–water partition coefficient (Wildman–Crippen LogP) is 1.50. The van der Waals surface area contributed by atoms with E-state index in [1.165, 1.54) is 12.1 Å². The SMILES string of the molecule is CC(C)CCNC(=O)COC(=O)c1ccc(N)c([N+](=O)[O-])c1. The van der Waals surface area contributed by atoms with Crippen molar-refractivity contribution in [2.24, 2.45) is 5.92 Å². The van der Waals surface area contributed by atoms with Crippen LogP contribution in [-0.4, -0.2) is 30.0 Å². The van der Waals surface area contributed by atoms with Crippen molar-refractivity contribution in [3.05, 3.63) is 33.9 Å². The van der Waals surface area contributed by atoms with Gasteiger partial charge >= 0.3 is 5.97 Å². The second-order valence-corrected chi connectivity index (χ2v) is 5.14. The fourth-order valence-electron chi connectivity index (χ4n) is 1.59. The number of benzene rings is 1. The lowest BCUT2D eigenvalue weighted by Gasteiger charge is -2.08. The van der Waals surface area contributed by atoms with Crippen LogP contribution in [0.1, 0.15) is 30.6 Å². The van der Waals surface area contributed by atoms with E-state index >= 15 is 0 Å². The van der Waals surface area contributed by atoms with Gasteiger partial charge in [-0.25, -0.2) is 4.79 Å². The van der Waals surface area contributed by atoms with Crippen LogP contribution in [0.4, 0.5) is 11.4 Å². The van der Waals surface area contributed by atoms with E-state index in [-0.39, 0.29) is 16.9 Å². The molecule has 8 nitrogen and oxygen atoms in total. The lowest BCUT2D eigenvalue weighted by molar-refractivity contribution is -0.383. The van der Waals surface area contributed by atoms with Crippen LogP contribution in [0.2, 0.25) is 0 Å². The third kappa shape index (κ3) is 5.39. The Hall–Kier alpha value is -2.64. The maximum atomic E-state index is 11.8. The van der Waals surface area contributed by atoms with E-state index in [2.05, 4.69) is 5.32 Å². The van der Waals surface area contributed by atoms with Crippen LogP contribution >= 0.6 is 0 Å². The Morgan fingerprint density at radius 1 is 1.41 bits per heavy atom. The van der Waals surface area contributed by atoms with Gasteiger partial charge in [-0.3, -0.25) is 14.9 Å². The van der Waals surface area contributed by atoms with Gasteiger partial charge in [0.25, 0.3) is 11.6 Å². The molecule has 1 amide bonds. The molecule has 0 saturated heterocycles. The third-order valence-corrected chi connectivity index (χ3v) is 2.84. The van der Waals surface area contributed by atoms with Gasteiger partial charge in [0.05, 0.1) is 10.5 Å². The van der Waals surface area contributed by atoms with Crippen molar-refractivity contribution in [3.8, 4) is 0 Å². The number of hydrogen-bond donors (Lipinski definition) is 2. The first-order valence-electron chi connectivity index (χ1n) is 6.79. The van der Waals surface area contributed by atoms with Gasteiger partial charge in [-0.15, -0.1) is 0 Å². The molecule has 0 unspecified atom stereocenters. The monoisotopic (exact) mass is 309 g/mol. The minimum Gasteiger partial charge on any atom is -0.452 e. The number of hydrogen-bond acceptors (Lipinski definition) is 6. The quantitative estimate of drug-likeness (QED) is 0.340. The van der Waals surface area contributed by atoms with Crippen molar-refractivity contribution < 1.29 is 19.2 Å². The van der Waals surface area contributed by atoms with Gasteiger partial charge in [-0.05, 0) is 24.5 Å². The van der Waals surface area contributed by atoms with Crippen LogP contribution in [0, 0.1) is 16.0 Å². The van der Waals surface area contributed by atoms with E-state index in [1.54, 1.807) is 0 Å². The first-order valence-corrected chi connectivity index (χ1v) is 6.79. The zero-order valence-corrected chi connectivity index (χ0v) is 12.5. The summed E-state index contributed by atoms with van der Waals surface area (Å²) in [6.45, 7) is 4.12. The second kappa shape index (κ2) is 7.96. The third-order valence-electron chi connectivity index (χ3n) is 2.84. The molecule has 0 radical (unpaired) electrons. The summed E-state index contributed by atoms with van der Waals surface area (Å²) in [6.07, 6.45) is 0.823. The normalized spacial score (nSPS) is 10.3. The molecular weight excluding hydrogens is 290 g/mol. The number of rotatable bonds is 7. The Labute approximate surface area is 127 Å². The van der Waals surface area contributed by atoms with Crippen molar-refractivity contribution in [1.82, 2.24) is 5.32 Å². The van der Waals surface area contributed by atoms with Crippen LogP contribution in [0.5, 0.6) is 0 Å². The minimum atomic E-state index is -0.817. The Morgan fingerprint density at radius 2 is 2.09 bits per heavy atom. The molecule has 0 saturated carbocycles. The molecule has 120 valence electrons. The maximum Gasteiger partial charge on any atom is 0.338 e. The second-order valence-electron chi connectivity index (χ2n) is 5.14. The molecule has 0 heterocycles. The van der Waals surface area contributed by atoms with Crippen molar-refractivity contribution in [2.45, 2.75) is 20.3 Å². The van der Waals surface area contributed by atoms with E-state index < -0.39 is 23.4 Å². The Bertz CT molecular complexity index is 572. The standard InChI is InChI=1S/C14H19N3O5/c1-9(2)5-6-16-13(18)8-22-14(19)10-3-4-11(15)12(7-10)17(20)21/h3-4,7,9H,5-6,8,15H2,1-2H3,(H,16,18). The molecule has 0 aliphatic carbocycles. The number of nitrogen functional groups attached to an aromatic ring is 1. The summed E-state index contributed by atoms with van der Waals surface area (Å²) in [5, 5.41) is 13.4. The molecule has 0 aromatic heterocycles. The highest BCUT2D eigenvalue weighted by atomic mass is 16.6. The molecule has 1 aromatic rings. The number of carbonyl (C=O) groups excluding carboxylic acids is 2. The van der Waals surface area contributed by atoms with Gasteiger partial charge in [0.1, 0.15) is 5.69 Å². The number of carbonyl (C=O) groups is 2. The predicted molar refractivity (Wildman–Crippen MR) is 80.3 cm³/mol. The molecule has 8 heteroatoms. The van der Waals surface area contributed by atoms with Crippen LogP contribution in [-0.2, 0) is 9.53 Å². The molecule has 0 spiro atoms. The van der Waals surface area contributed by atoms with E-state index in [0.717, 1.165) is 12.5 Å². The lowest BCUT2D eigenvalue weighted by atomic mass is 10.1. The van der Waals surface area contributed by atoms with Gasteiger partial charge < -0.3 is 15.8 Å². The average Bonchev–Trinajstić information content (AvgIpc) is 2.44. The summed E-state index contributed by atoms with van der Waals surface area (Å²) >= 11 is 0. The molecule has 0 aliphatic heterocycles. The Kier molecular flexibility index (Phi) is 6.30. The van der Waals surface area contributed by atoms with Crippen molar-refractivity contribution >= 4 is 23.3 Å². The number of anilines is 1. The first-order chi connectivity index (χ1) is 10.3. The first kappa shape index (κ1) is 17.4. The molecule has 1 aromatic carbocycles. The number of nitrogens with two attached hydrogens (primary N) is 1. The summed E-state index contributed by atoms with van der Waals surface area (Å²) < 4.78 is 4.81. The number of amides is 1. The molecule has 22 heavy (non-hydrogen) atoms. The maximum absolute atomic E-state index is 11.8. The zero-order chi connectivity index (χ0) is 16.7. The van der Waals surface area contributed by atoms with Gasteiger partial charge in [0.2, 0.25) is 0 Å². The van der Waals surface area contributed by atoms with Gasteiger partial charge in [-0.2, -0.15) is 0 Å². The number of nitrogens with zero attached hydrogens (tertiary/aromatic N) is 1. The number of nitro groups is 1. The van der Waals surface area contributed by atoms with Crippen molar-refractivity contribution in [1.29, 1.82) is 0 Å². The number of ether oxygens (including phenoxy) is 1. The summed E-state index contributed by atoms with van der Waals surface area (Å²) in [5.74, 6) is -0.778. The highest BCUT2D eigenvalue weighted by molar-refractivity contribution is 5.92. The van der Waals surface area contributed by atoms with E-state index in [0.29, 0.717) is 12.5 Å². The minimum absolute atomic E-state index is 0.0316. The van der Waals surface area contributed by atoms with E-state index in [9.17, 15) is 19.7 Å². The number of esters is 1. The summed E-state index contributed by atoms with van der Waals surface area (Å²) in [5.41, 5.74) is 4.98. The fourth-order valence-corrected chi connectivity index (χ4v) is 1.59. The van der Waals surface area contributed by atoms with Crippen LogP contribution in [0.25, 0.3) is 0 Å². The van der Waals surface area contributed by atoms with Crippen molar-refractivity contribution in [2.75, 3.05) is 18.9 Å². The number of nitrogens with one attached hydrogen (secondary N) is 1. The highest BCUT2D eigenvalue weighted by Gasteiger charge is 2.17. The fraction of sp³-hybridized carbons (Fsp3) is 0.429. The lowest BCUT2D eigenvalue weighted by Crippen LogP contribution is -2.30. The number of nitro benzene ring substituents is 1. The molecule has 1 rings (SSSR count). The Morgan fingerprint density at radius 3 is 2.68 bits per heavy atom. The summed E-state index contributed by atoms with van der Waals surface area (Å²) in [4.78, 5) is 33.3.